The number of carbonyl (C=O) groups excluding carboxylic acids is 3. The van der Waals surface area contributed by atoms with Crippen LogP contribution >= 0.6 is 0 Å². The lowest BCUT2D eigenvalue weighted by Gasteiger charge is -2.40. The molecule has 0 bridgehead atoms. The van der Waals surface area contributed by atoms with Gasteiger partial charge in [-0.3, -0.25) is 14.4 Å². The van der Waals surface area contributed by atoms with Crippen LogP contribution < -0.4 is 0 Å². The minimum atomic E-state index is -1.90. The van der Waals surface area contributed by atoms with Crippen LogP contribution in [0.2, 0.25) is 0 Å². The molecule has 73 heavy (non-hydrogen) atoms. The van der Waals surface area contributed by atoms with Gasteiger partial charge in [-0.1, -0.05) is 217 Å². The van der Waals surface area contributed by atoms with Crippen LogP contribution in [-0.2, 0) is 42.9 Å². The van der Waals surface area contributed by atoms with E-state index in [1.54, 1.807) is 0 Å². The molecule has 1 fully saturated rings. The van der Waals surface area contributed by atoms with Crippen molar-refractivity contribution in [3.8, 4) is 0 Å². The highest BCUT2D eigenvalue weighted by Gasteiger charge is 2.50. The van der Waals surface area contributed by atoms with Gasteiger partial charge in [0, 0.05) is 19.3 Å². The Hall–Kier alpha value is -3.32. The van der Waals surface area contributed by atoms with E-state index >= 15 is 0 Å². The summed E-state index contributed by atoms with van der Waals surface area (Å²) in [6, 6.07) is 0. The highest BCUT2D eigenvalue weighted by Crippen LogP contribution is 2.26. The third-order valence-corrected chi connectivity index (χ3v) is 13.4. The molecule has 1 aliphatic rings. The second-order valence-electron chi connectivity index (χ2n) is 20.3. The van der Waals surface area contributed by atoms with Gasteiger partial charge >= 0.3 is 23.9 Å². The van der Waals surface area contributed by atoms with Crippen LogP contribution in [-0.4, -0.2) is 89.2 Å². The van der Waals surface area contributed by atoms with Crippen LogP contribution in [0.1, 0.15) is 265 Å². The van der Waals surface area contributed by atoms with E-state index in [9.17, 15) is 34.5 Å². The van der Waals surface area contributed by atoms with Gasteiger partial charge in [-0.25, -0.2) is 4.79 Å². The van der Waals surface area contributed by atoms with Gasteiger partial charge in [0.25, 0.3) is 0 Å². The molecule has 1 saturated heterocycles. The van der Waals surface area contributed by atoms with Gasteiger partial charge in [0.1, 0.15) is 18.8 Å². The summed E-state index contributed by atoms with van der Waals surface area (Å²) in [6.07, 6.45) is 46.6. The second-order valence-corrected chi connectivity index (χ2v) is 20.3. The molecule has 0 aromatic heterocycles. The molecule has 1 aliphatic heterocycles. The maximum Gasteiger partial charge on any atom is 0.335 e. The summed E-state index contributed by atoms with van der Waals surface area (Å²) >= 11 is 0. The number of unbranched alkanes of at least 4 members (excludes halogenated alkanes) is 28. The van der Waals surface area contributed by atoms with E-state index in [2.05, 4.69) is 69.4 Å². The summed E-state index contributed by atoms with van der Waals surface area (Å²) in [5, 5.41) is 31.5. The first-order chi connectivity index (χ1) is 35.6. The lowest BCUT2D eigenvalue weighted by atomic mass is 9.98. The van der Waals surface area contributed by atoms with Gasteiger partial charge in [-0.05, 0) is 77.0 Å². The Morgan fingerprint density at radius 3 is 1.34 bits per heavy atom. The van der Waals surface area contributed by atoms with E-state index < -0.39 is 67.3 Å². The van der Waals surface area contributed by atoms with Gasteiger partial charge in [0.15, 0.2) is 24.6 Å². The van der Waals surface area contributed by atoms with Crippen LogP contribution in [0.15, 0.2) is 48.6 Å². The Labute approximate surface area is 443 Å². The van der Waals surface area contributed by atoms with Crippen LogP contribution in [0, 0.1) is 0 Å². The average molecular weight is 1030 g/mol. The van der Waals surface area contributed by atoms with E-state index in [4.69, 9.17) is 23.7 Å². The smallest absolute Gasteiger partial charge is 0.335 e. The Morgan fingerprint density at radius 2 is 0.863 bits per heavy atom. The first-order valence-electron chi connectivity index (χ1n) is 29.6. The molecule has 1 heterocycles. The van der Waals surface area contributed by atoms with Gasteiger partial charge in [0.2, 0.25) is 0 Å². The van der Waals surface area contributed by atoms with E-state index in [0.717, 1.165) is 89.9 Å². The van der Waals surface area contributed by atoms with Gasteiger partial charge in [-0.2, -0.15) is 0 Å². The third kappa shape index (κ3) is 39.7. The Kier molecular flexibility index (Phi) is 45.9. The molecule has 0 spiro atoms. The fourth-order valence-electron chi connectivity index (χ4n) is 8.85. The van der Waals surface area contributed by atoms with Crippen LogP contribution in [0.25, 0.3) is 0 Å². The predicted molar refractivity (Wildman–Crippen MR) is 294 cm³/mol. The molecule has 12 heteroatoms. The molecule has 0 amide bonds. The molecule has 0 aromatic carbocycles. The number of allylic oxidation sites excluding steroid dienone is 8. The van der Waals surface area contributed by atoms with Crippen molar-refractivity contribution in [1.29, 1.82) is 0 Å². The highest BCUT2D eigenvalue weighted by atomic mass is 16.7. The van der Waals surface area contributed by atoms with Crippen molar-refractivity contribution in [3.63, 3.8) is 0 Å². The van der Waals surface area contributed by atoms with Crippen molar-refractivity contribution in [2.75, 3.05) is 13.2 Å². The molecule has 422 valence electrons. The summed E-state index contributed by atoms with van der Waals surface area (Å²) < 4.78 is 28.4. The molecule has 6 unspecified atom stereocenters. The third-order valence-electron chi connectivity index (χ3n) is 13.4. The van der Waals surface area contributed by atoms with Crippen molar-refractivity contribution >= 4 is 23.9 Å². The fourth-order valence-corrected chi connectivity index (χ4v) is 8.85. The van der Waals surface area contributed by atoms with Crippen molar-refractivity contribution in [1.82, 2.24) is 0 Å². The SMILES string of the molecule is CC/C=C\C/C=C\C/C=C\CCCCCC(=O)OCC(COC1OC(C(=O)O)C(O)C(O)C1OC(=O)CCCCCCCCCCC/C=C\CCCCCCCC)OC(=O)CCCCCCCCCCCCC. The van der Waals surface area contributed by atoms with E-state index in [0.29, 0.717) is 19.3 Å². The van der Waals surface area contributed by atoms with E-state index in [-0.39, 0.29) is 25.9 Å². The lowest BCUT2D eigenvalue weighted by Crippen LogP contribution is -2.61. The van der Waals surface area contributed by atoms with Crippen LogP contribution in [0.3, 0.4) is 0 Å². The summed E-state index contributed by atoms with van der Waals surface area (Å²) in [7, 11) is 0. The maximum absolute atomic E-state index is 13.1. The van der Waals surface area contributed by atoms with Gasteiger partial charge in [0.05, 0.1) is 6.61 Å². The van der Waals surface area contributed by atoms with Gasteiger partial charge < -0.3 is 39.0 Å². The Balaban J connectivity index is 2.66. The molecule has 0 radical (unpaired) electrons. The summed E-state index contributed by atoms with van der Waals surface area (Å²) in [4.78, 5) is 51.0. The summed E-state index contributed by atoms with van der Waals surface area (Å²) in [6.45, 7) is 5.85. The second kappa shape index (κ2) is 49.6. The average Bonchev–Trinajstić information content (AvgIpc) is 3.37. The van der Waals surface area contributed by atoms with Gasteiger partial charge in [-0.15, -0.1) is 0 Å². The largest absolute Gasteiger partial charge is 0.479 e. The molecule has 1 rings (SSSR count). The lowest BCUT2D eigenvalue weighted by molar-refractivity contribution is -0.301. The van der Waals surface area contributed by atoms with Crippen LogP contribution in [0.4, 0.5) is 0 Å². The fraction of sp³-hybridized carbons (Fsp3) is 0.803. The maximum atomic E-state index is 13.1. The number of hydrogen-bond acceptors (Lipinski definition) is 11. The number of aliphatic hydroxyl groups is 2. The zero-order valence-corrected chi connectivity index (χ0v) is 46.4. The number of aliphatic carboxylic acids is 1. The minimum absolute atomic E-state index is 0.0573. The van der Waals surface area contributed by atoms with Crippen molar-refractivity contribution < 1.29 is 58.2 Å². The highest BCUT2D eigenvalue weighted by molar-refractivity contribution is 5.74. The normalized spacial score (nSPS) is 18.6. The topological polar surface area (TPSA) is 175 Å². The minimum Gasteiger partial charge on any atom is -0.479 e. The van der Waals surface area contributed by atoms with Crippen LogP contribution in [0.5, 0.6) is 0 Å². The molecule has 0 aromatic rings. The monoisotopic (exact) mass is 1030 g/mol. The zero-order valence-electron chi connectivity index (χ0n) is 46.4. The first kappa shape index (κ1) is 67.7. The van der Waals surface area contributed by atoms with E-state index in [1.165, 1.54) is 116 Å². The summed E-state index contributed by atoms with van der Waals surface area (Å²) in [5.41, 5.74) is 0. The van der Waals surface area contributed by atoms with Crippen molar-refractivity contribution in [2.24, 2.45) is 0 Å². The number of ether oxygens (including phenoxy) is 5. The molecule has 0 saturated carbocycles. The Bertz CT molecular complexity index is 1460. The molecule has 12 nitrogen and oxygen atoms in total. The number of rotatable bonds is 50. The predicted octanol–water partition coefficient (Wildman–Crippen LogP) is 15.0. The summed E-state index contributed by atoms with van der Waals surface area (Å²) in [5.74, 6) is -3.14. The quantitative estimate of drug-likeness (QED) is 0.0228. The number of carboxylic acids is 1. The number of aliphatic hydroxyl groups excluding tert-OH is 2. The van der Waals surface area contributed by atoms with Crippen molar-refractivity contribution in [3.05, 3.63) is 48.6 Å². The number of carboxylic acid groups (broad SMARTS) is 1. The molecule has 6 atom stereocenters. The molecule has 0 aliphatic carbocycles. The standard InChI is InChI=1S/C61H106O12/c1-4-7-10-13-16-19-22-24-25-26-27-28-29-31-34-37-40-43-46-49-55(64)72-59-57(66)56(65)58(60(67)68)73-61(59)70-51-52(71-54(63)48-45-42-39-36-32-21-18-15-12-9-6-3)50-69-53(62)47-44-41-38-35-33-30-23-20-17-14-11-8-5-2/h8,11,17,20,24-25,30,33,52,56-59,61,65-66H,4-7,9-10,12-16,18-19,21-23,26-29,31-32,34-51H2,1-3H3,(H,67,68)/b11-8-,20-17-,25-24-,33-30-. The van der Waals surface area contributed by atoms with Crippen molar-refractivity contribution in [2.45, 2.75) is 302 Å². The number of carbonyl (C=O) groups is 4. The van der Waals surface area contributed by atoms with E-state index in [1.807, 2.05) is 0 Å². The molecular weight excluding hydrogens is 925 g/mol. The first-order valence-corrected chi connectivity index (χ1v) is 29.6. The Morgan fingerprint density at radius 1 is 0.466 bits per heavy atom. The zero-order chi connectivity index (χ0) is 53.3. The number of hydrogen-bond donors (Lipinski definition) is 3. The number of esters is 3. The molecular formula is C61H106O12. The molecule has 3 N–H and O–H groups in total.